The van der Waals surface area contributed by atoms with Gasteiger partial charge in [0.05, 0.1) is 19.1 Å². The molecule has 1 N–H and O–H groups in total. The van der Waals surface area contributed by atoms with Crippen molar-refractivity contribution in [2.24, 2.45) is 4.99 Å². The van der Waals surface area contributed by atoms with Gasteiger partial charge in [-0.05, 0) is 35.5 Å². The standard InChI is InChI=1S/C16H16N2O6S/c1-8(19)17-16-18-15(21)13(25-16)7-10-5-11(22-3)14(24-9(2)20)12(6-10)23-4/h5-7H,1-4H3,(H,17,18,19,21)/b13-7-. The molecular weight excluding hydrogens is 348 g/mol. The predicted molar refractivity (Wildman–Crippen MR) is 92.7 cm³/mol. The molecule has 1 aromatic rings. The van der Waals surface area contributed by atoms with Gasteiger partial charge in [-0.2, -0.15) is 4.99 Å². The Hall–Kier alpha value is -2.81. The van der Waals surface area contributed by atoms with E-state index in [4.69, 9.17) is 14.2 Å². The Morgan fingerprint density at radius 1 is 1.16 bits per heavy atom. The van der Waals surface area contributed by atoms with Crippen molar-refractivity contribution < 1.29 is 28.6 Å². The Bertz CT molecular complexity index is 775. The average Bonchev–Trinajstić information content (AvgIpc) is 2.86. The van der Waals surface area contributed by atoms with Crippen LogP contribution in [0.1, 0.15) is 19.4 Å². The first kappa shape index (κ1) is 18.5. The maximum atomic E-state index is 11.9. The third-order valence-corrected chi connectivity index (χ3v) is 3.83. The van der Waals surface area contributed by atoms with Crippen molar-refractivity contribution in [2.45, 2.75) is 13.8 Å². The molecule has 25 heavy (non-hydrogen) atoms. The average molecular weight is 364 g/mol. The summed E-state index contributed by atoms with van der Waals surface area (Å²) in [6.45, 7) is 2.60. The number of hydrogen-bond acceptors (Lipinski definition) is 7. The second kappa shape index (κ2) is 7.84. The van der Waals surface area contributed by atoms with Crippen LogP contribution in [0.5, 0.6) is 17.2 Å². The molecule has 1 aliphatic heterocycles. The lowest BCUT2D eigenvalue weighted by molar-refractivity contribution is -0.132. The van der Waals surface area contributed by atoms with Crippen LogP contribution in [0.3, 0.4) is 0 Å². The Morgan fingerprint density at radius 3 is 2.24 bits per heavy atom. The van der Waals surface area contributed by atoms with Crippen molar-refractivity contribution in [3.05, 3.63) is 22.6 Å². The summed E-state index contributed by atoms with van der Waals surface area (Å²) in [6.07, 6.45) is 1.58. The Labute approximate surface area is 148 Å². The molecule has 1 aromatic carbocycles. The molecule has 0 aliphatic carbocycles. The van der Waals surface area contributed by atoms with Gasteiger partial charge in [-0.15, -0.1) is 0 Å². The number of nitrogens with zero attached hydrogens (tertiary/aromatic N) is 1. The van der Waals surface area contributed by atoms with E-state index in [-0.39, 0.29) is 28.3 Å². The molecule has 2 amide bonds. The van der Waals surface area contributed by atoms with Gasteiger partial charge >= 0.3 is 5.97 Å². The van der Waals surface area contributed by atoms with Gasteiger partial charge in [-0.1, -0.05) is 0 Å². The van der Waals surface area contributed by atoms with E-state index >= 15 is 0 Å². The van der Waals surface area contributed by atoms with Crippen LogP contribution < -0.4 is 19.5 Å². The fraction of sp³-hybridized carbons (Fsp3) is 0.250. The molecule has 0 spiro atoms. The molecule has 0 unspecified atom stereocenters. The fourth-order valence-corrected chi connectivity index (χ4v) is 2.85. The number of methoxy groups -OCH3 is 2. The van der Waals surface area contributed by atoms with Crippen LogP contribution in [0.15, 0.2) is 22.0 Å². The SMILES string of the molecule is COc1cc(/C=C2\SC(NC(C)=O)=NC2=O)cc(OC)c1OC(C)=O. The third-order valence-electron chi connectivity index (χ3n) is 2.93. The minimum absolute atomic E-state index is 0.153. The van der Waals surface area contributed by atoms with Crippen LogP contribution in [-0.4, -0.2) is 37.2 Å². The van der Waals surface area contributed by atoms with Gasteiger partial charge in [0, 0.05) is 13.8 Å². The summed E-state index contributed by atoms with van der Waals surface area (Å²) in [6, 6.07) is 3.19. The lowest BCUT2D eigenvalue weighted by atomic mass is 10.1. The highest BCUT2D eigenvalue weighted by Gasteiger charge is 2.23. The molecule has 132 valence electrons. The lowest BCUT2D eigenvalue weighted by Gasteiger charge is -2.13. The van der Waals surface area contributed by atoms with Crippen LogP contribution in [0.2, 0.25) is 0 Å². The monoisotopic (exact) mass is 364 g/mol. The number of thioether (sulfide) groups is 1. The van der Waals surface area contributed by atoms with Gasteiger partial charge in [-0.3, -0.25) is 14.4 Å². The van der Waals surface area contributed by atoms with Crippen LogP contribution in [0.25, 0.3) is 6.08 Å². The molecule has 0 radical (unpaired) electrons. The van der Waals surface area contributed by atoms with Crippen LogP contribution in [0.4, 0.5) is 0 Å². The van der Waals surface area contributed by atoms with E-state index < -0.39 is 11.9 Å². The highest BCUT2D eigenvalue weighted by Crippen LogP contribution is 2.40. The first-order valence-corrected chi connectivity index (χ1v) is 7.90. The summed E-state index contributed by atoms with van der Waals surface area (Å²) < 4.78 is 15.6. The Kier molecular flexibility index (Phi) is 5.81. The zero-order valence-corrected chi connectivity index (χ0v) is 14.9. The number of rotatable bonds is 4. The molecule has 0 atom stereocenters. The molecule has 0 saturated carbocycles. The molecule has 9 heteroatoms. The number of carbonyl (C=O) groups excluding carboxylic acids is 3. The van der Waals surface area contributed by atoms with E-state index in [0.29, 0.717) is 10.5 Å². The van der Waals surface area contributed by atoms with Gasteiger partial charge in [0.25, 0.3) is 5.91 Å². The number of nitrogens with one attached hydrogen (secondary N) is 1. The van der Waals surface area contributed by atoms with Crippen molar-refractivity contribution in [3.8, 4) is 17.2 Å². The first-order valence-electron chi connectivity index (χ1n) is 7.08. The van der Waals surface area contributed by atoms with E-state index in [1.54, 1.807) is 18.2 Å². The van der Waals surface area contributed by atoms with Crippen LogP contribution in [-0.2, 0) is 14.4 Å². The van der Waals surface area contributed by atoms with Gasteiger partial charge in [0.1, 0.15) is 0 Å². The highest BCUT2D eigenvalue weighted by molar-refractivity contribution is 8.18. The third kappa shape index (κ3) is 4.60. The number of carbonyl (C=O) groups is 3. The van der Waals surface area contributed by atoms with Gasteiger partial charge in [0.2, 0.25) is 11.7 Å². The van der Waals surface area contributed by atoms with Crippen molar-refractivity contribution in [2.75, 3.05) is 14.2 Å². The maximum absolute atomic E-state index is 11.9. The zero-order valence-electron chi connectivity index (χ0n) is 14.0. The molecule has 0 bridgehead atoms. The van der Waals surface area contributed by atoms with Crippen LogP contribution in [0, 0.1) is 0 Å². The largest absolute Gasteiger partial charge is 0.493 e. The summed E-state index contributed by atoms with van der Waals surface area (Å²) in [4.78, 5) is 38.3. The molecular formula is C16H16N2O6S. The second-order valence-corrected chi connectivity index (χ2v) is 5.89. The van der Waals surface area contributed by atoms with E-state index in [9.17, 15) is 14.4 Å². The summed E-state index contributed by atoms with van der Waals surface area (Å²) in [7, 11) is 2.85. The molecule has 0 fully saturated rings. The van der Waals surface area contributed by atoms with Crippen molar-refractivity contribution >= 4 is 40.8 Å². The normalized spacial score (nSPS) is 15.0. The smallest absolute Gasteiger partial charge is 0.308 e. The van der Waals surface area contributed by atoms with Crippen LogP contribution >= 0.6 is 11.8 Å². The topological polar surface area (TPSA) is 103 Å². The number of hydrogen-bond donors (Lipinski definition) is 1. The van der Waals surface area contributed by atoms with Gasteiger partial charge in [-0.25, -0.2) is 0 Å². The molecule has 1 aliphatic rings. The minimum atomic E-state index is -0.516. The summed E-state index contributed by atoms with van der Waals surface area (Å²) >= 11 is 1.05. The van der Waals surface area contributed by atoms with Gasteiger partial charge in [0.15, 0.2) is 16.7 Å². The van der Waals surface area contributed by atoms with E-state index in [1.165, 1.54) is 28.1 Å². The summed E-state index contributed by atoms with van der Waals surface area (Å²) in [5, 5.41) is 2.69. The quantitative estimate of drug-likeness (QED) is 0.493. The number of ether oxygens (including phenoxy) is 3. The van der Waals surface area contributed by atoms with E-state index in [2.05, 4.69) is 10.3 Å². The van der Waals surface area contributed by atoms with Crippen molar-refractivity contribution in [1.29, 1.82) is 0 Å². The van der Waals surface area contributed by atoms with E-state index in [0.717, 1.165) is 11.8 Å². The summed E-state index contributed by atoms with van der Waals surface area (Å²) in [5.74, 6) is -0.581. The molecule has 1 heterocycles. The molecule has 8 nitrogen and oxygen atoms in total. The number of aliphatic imine (C=N–C) groups is 1. The molecule has 2 rings (SSSR count). The Balaban J connectivity index is 2.36. The van der Waals surface area contributed by atoms with Gasteiger partial charge < -0.3 is 19.5 Å². The second-order valence-electron chi connectivity index (χ2n) is 4.86. The number of amidine groups is 1. The molecule has 0 aromatic heterocycles. The maximum Gasteiger partial charge on any atom is 0.308 e. The number of benzene rings is 1. The Morgan fingerprint density at radius 2 is 1.76 bits per heavy atom. The predicted octanol–water partition coefficient (Wildman–Crippen LogP) is 1.74. The minimum Gasteiger partial charge on any atom is -0.493 e. The summed E-state index contributed by atoms with van der Waals surface area (Å²) in [5.41, 5.74) is 0.583. The van der Waals surface area contributed by atoms with Crippen molar-refractivity contribution in [1.82, 2.24) is 5.32 Å². The first-order chi connectivity index (χ1) is 11.8. The lowest BCUT2D eigenvalue weighted by Crippen LogP contribution is -2.23. The zero-order chi connectivity index (χ0) is 18.6. The fourth-order valence-electron chi connectivity index (χ4n) is 1.99. The van der Waals surface area contributed by atoms with E-state index in [1.807, 2.05) is 0 Å². The number of esters is 1. The molecule has 0 saturated heterocycles. The van der Waals surface area contributed by atoms with Crippen molar-refractivity contribution in [3.63, 3.8) is 0 Å². The highest BCUT2D eigenvalue weighted by atomic mass is 32.2. The number of amides is 2.